The first kappa shape index (κ1) is 28.5. The third kappa shape index (κ3) is 6.18. The monoisotopic (exact) mass is 567 g/mol. The number of hydrogen-bond acceptors (Lipinski definition) is 6. The van der Waals surface area contributed by atoms with Gasteiger partial charge in [0.05, 0.1) is 34.1 Å². The molecule has 41 heavy (non-hydrogen) atoms. The second-order valence-electron chi connectivity index (χ2n) is 10.2. The molecule has 4 aromatic carbocycles. The quantitative estimate of drug-likeness (QED) is 0.171. The summed E-state index contributed by atoms with van der Waals surface area (Å²) in [7, 11) is 8.92. The van der Waals surface area contributed by atoms with Crippen LogP contribution in [0.4, 0.5) is 5.69 Å². The Morgan fingerprint density at radius 1 is 0.756 bits per heavy atom. The van der Waals surface area contributed by atoms with E-state index >= 15 is 0 Å². The van der Waals surface area contributed by atoms with Crippen LogP contribution in [0.5, 0.6) is 23.0 Å². The molecule has 212 valence electrons. The maximum atomic E-state index is 5.53. The second kappa shape index (κ2) is 12.6. The van der Waals surface area contributed by atoms with E-state index in [1.54, 1.807) is 28.4 Å². The van der Waals surface area contributed by atoms with Crippen LogP contribution < -0.4 is 23.8 Å². The number of rotatable bonds is 11. The first-order valence-corrected chi connectivity index (χ1v) is 14.6. The Hall–Kier alpha value is -4.03. The van der Waals surface area contributed by atoms with E-state index in [4.69, 9.17) is 18.9 Å². The Morgan fingerprint density at radius 3 is 1.95 bits per heavy atom. The van der Waals surface area contributed by atoms with E-state index in [9.17, 15) is 0 Å². The summed E-state index contributed by atoms with van der Waals surface area (Å²) in [5.41, 5.74) is 9.95. The molecule has 6 heteroatoms. The van der Waals surface area contributed by atoms with Crippen LogP contribution in [-0.4, -0.2) is 35.5 Å². The highest BCUT2D eigenvalue weighted by atomic mass is 32.2. The van der Waals surface area contributed by atoms with Gasteiger partial charge in [-0.15, -0.1) is 11.8 Å². The van der Waals surface area contributed by atoms with Crippen molar-refractivity contribution in [2.45, 2.75) is 30.0 Å². The van der Waals surface area contributed by atoms with Crippen LogP contribution in [0.2, 0.25) is 0 Å². The van der Waals surface area contributed by atoms with Crippen molar-refractivity contribution in [3.8, 4) is 34.1 Å². The molecule has 0 saturated carbocycles. The van der Waals surface area contributed by atoms with Crippen LogP contribution in [0, 0.1) is 0 Å². The lowest BCUT2D eigenvalue weighted by Crippen LogP contribution is -2.22. The summed E-state index contributed by atoms with van der Waals surface area (Å²) in [4.78, 5) is 3.62. The SMILES string of the molecule is C=Cc1cccc2c1N(C)Cc1cc(SCc3cc(OC)cc(OC)c3)c(CCc3cc(OC)cc(OC)c3)cc1-2. The van der Waals surface area contributed by atoms with Gasteiger partial charge in [0, 0.05) is 41.9 Å². The zero-order valence-electron chi connectivity index (χ0n) is 24.5. The molecule has 0 aliphatic carbocycles. The molecule has 0 unspecified atom stereocenters. The Bertz CT molecular complexity index is 1520. The molecule has 1 aliphatic rings. The molecule has 1 aliphatic heterocycles. The van der Waals surface area contributed by atoms with Crippen LogP contribution >= 0.6 is 11.8 Å². The fraction of sp³-hybridized carbons (Fsp3) is 0.257. The fourth-order valence-corrected chi connectivity index (χ4v) is 6.54. The average molecular weight is 568 g/mol. The summed E-state index contributed by atoms with van der Waals surface area (Å²) >= 11 is 1.86. The van der Waals surface area contributed by atoms with Crippen LogP contribution in [0.15, 0.2) is 78.2 Å². The third-order valence-corrected chi connectivity index (χ3v) is 8.72. The van der Waals surface area contributed by atoms with Crippen molar-refractivity contribution in [3.05, 3.63) is 101 Å². The van der Waals surface area contributed by atoms with Crippen LogP contribution in [0.1, 0.15) is 27.8 Å². The van der Waals surface area contributed by atoms with E-state index in [-0.39, 0.29) is 0 Å². The van der Waals surface area contributed by atoms with Crippen molar-refractivity contribution in [2.75, 3.05) is 40.4 Å². The largest absolute Gasteiger partial charge is 0.497 e. The molecule has 0 bridgehead atoms. The van der Waals surface area contributed by atoms with E-state index in [1.807, 2.05) is 30.0 Å². The molecule has 0 atom stereocenters. The Kier molecular flexibility index (Phi) is 8.79. The van der Waals surface area contributed by atoms with E-state index in [0.29, 0.717) is 0 Å². The lowest BCUT2D eigenvalue weighted by Gasteiger charge is -2.32. The molecule has 5 nitrogen and oxygen atoms in total. The molecular formula is C35H37NO4S. The number of anilines is 1. The van der Waals surface area contributed by atoms with E-state index in [1.165, 1.54) is 38.4 Å². The lowest BCUT2D eigenvalue weighted by molar-refractivity contribution is 0.393. The molecular weight excluding hydrogens is 530 g/mol. The first-order chi connectivity index (χ1) is 20.0. The third-order valence-electron chi connectivity index (χ3n) is 7.55. The van der Waals surface area contributed by atoms with Gasteiger partial charge >= 0.3 is 0 Å². The lowest BCUT2D eigenvalue weighted by atomic mass is 9.89. The number of benzene rings is 4. The van der Waals surface area contributed by atoms with Gasteiger partial charge in [0.25, 0.3) is 0 Å². The number of fused-ring (bicyclic) bond motifs is 3. The molecule has 0 radical (unpaired) electrons. The van der Waals surface area contributed by atoms with Crippen molar-refractivity contribution in [1.29, 1.82) is 0 Å². The highest BCUT2D eigenvalue weighted by molar-refractivity contribution is 7.98. The minimum absolute atomic E-state index is 0.800. The summed E-state index contributed by atoms with van der Waals surface area (Å²) < 4.78 is 22.1. The second-order valence-corrected chi connectivity index (χ2v) is 11.2. The number of hydrogen-bond donors (Lipinski definition) is 0. The minimum atomic E-state index is 0.800. The van der Waals surface area contributed by atoms with Crippen molar-refractivity contribution < 1.29 is 18.9 Å². The zero-order valence-corrected chi connectivity index (χ0v) is 25.3. The van der Waals surface area contributed by atoms with Gasteiger partial charge in [0.1, 0.15) is 23.0 Å². The average Bonchev–Trinajstić information content (AvgIpc) is 3.01. The number of thioether (sulfide) groups is 1. The van der Waals surface area contributed by atoms with Gasteiger partial charge in [0.15, 0.2) is 0 Å². The van der Waals surface area contributed by atoms with E-state index < -0.39 is 0 Å². The van der Waals surface area contributed by atoms with Gasteiger partial charge < -0.3 is 23.8 Å². The van der Waals surface area contributed by atoms with Crippen molar-refractivity contribution in [1.82, 2.24) is 0 Å². The summed E-state index contributed by atoms with van der Waals surface area (Å²) in [6.45, 7) is 4.91. The van der Waals surface area contributed by atoms with Gasteiger partial charge in [-0.1, -0.05) is 30.9 Å². The Labute approximate surface area is 247 Å². The molecule has 0 fully saturated rings. The van der Waals surface area contributed by atoms with Crippen LogP contribution in [0.3, 0.4) is 0 Å². The number of methoxy groups -OCH3 is 4. The normalized spacial score (nSPS) is 11.9. The predicted molar refractivity (Wildman–Crippen MR) is 170 cm³/mol. The summed E-state index contributed by atoms with van der Waals surface area (Å²) in [5, 5.41) is 0. The van der Waals surface area contributed by atoms with Gasteiger partial charge in [-0.05, 0) is 82.6 Å². The maximum absolute atomic E-state index is 5.53. The highest BCUT2D eigenvalue weighted by Gasteiger charge is 2.23. The molecule has 5 rings (SSSR count). The van der Waals surface area contributed by atoms with Crippen molar-refractivity contribution in [2.24, 2.45) is 0 Å². The summed E-state index contributed by atoms with van der Waals surface area (Å²) in [6.07, 6.45) is 3.70. The van der Waals surface area contributed by atoms with E-state index in [0.717, 1.165) is 59.3 Å². The van der Waals surface area contributed by atoms with Crippen molar-refractivity contribution in [3.63, 3.8) is 0 Å². The number of para-hydroxylation sites is 1. The van der Waals surface area contributed by atoms with Gasteiger partial charge in [-0.25, -0.2) is 0 Å². The van der Waals surface area contributed by atoms with Crippen LogP contribution in [-0.2, 0) is 25.1 Å². The maximum Gasteiger partial charge on any atom is 0.122 e. The fourth-order valence-electron chi connectivity index (χ4n) is 5.48. The van der Waals surface area contributed by atoms with Gasteiger partial charge in [-0.3, -0.25) is 0 Å². The highest BCUT2D eigenvalue weighted by Crippen LogP contribution is 2.44. The molecule has 1 heterocycles. The minimum Gasteiger partial charge on any atom is -0.497 e. The molecule has 0 amide bonds. The number of ether oxygens (including phenoxy) is 4. The number of aryl methyl sites for hydroxylation is 2. The molecule has 0 spiro atoms. The Balaban J connectivity index is 1.53. The topological polar surface area (TPSA) is 40.2 Å². The number of nitrogens with zero attached hydrogens (tertiary/aromatic N) is 1. The predicted octanol–water partition coefficient (Wildman–Crippen LogP) is 8.06. The molecule has 0 aromatic heterocycles. The molecule has 0 N–H and O–H groups in total. The van der Waals surface area contributed by atoms with Crippen LogP contribution in [0.25, 0.3) is 17.2 Å². The van der Waals surface area contributed by atoms with E-state index in [2.05, 4.69) is 73.1 Å². The molecule has 4 aromatic rings. The summed E-state index contributed by atoms with van der Waals surface area (Å²) in [6, 6.07) is 23.4. The van der Waals surface area contributed by atoms with Gasteiger partial charge in [0.2, 0.25) is 0 Å². The summed E-state index contributed by atoms with van der Waals surface area (Å²) in [5.74, 6) is 4.02. The standard InChI is InChI=1S/C35H37NO4S/c1-7-25-9-8-10-32-33-17-26(12-11-23-13-28(37-3)19-29(14-23)38-4)34(18-27(33)21-36(2)35(25)32)41-22-24-15-30(39-5)20-31(16-24)40-6/h7-10,13-20H,1,11-12,21-22H2,2-6H3. The molecule has 0 saturated heterocycles. The van der Waals surface area contributed by atoms with Gasteiger partial charge in [-0.2, -0.15) is 0 Å². The zero-order chi connectivity index (χ0) is 28.9. The van der Waals surface area contributed by atoms with Crippen molar-refractivity contribution >= 4 is 23.5 Å². The first-order valence-electron chi connectivity index (χ1n) is 13.7. The smallest absolute Gasteiger partial charge is 0.122 e. The Morgan fingerprint density at radius 2 is 1.37 bits per heavy atom.